The van der Waals surface area contributed by atoms with Crippen LogP contribution in [0.3, 0.4) is 0 Å². The fourth-order valence-corrected chi connectivity index (χ4v) is 3.41. The fourth-order valence-electron chi connectivity index (χ4n) is 3.41. The number of rotatable bonds is 5. The van der Waals surface area contributed by atoms with Crippen LogP contribution in [0.1, 0.15) is 29.4 Å². The molecule has 6 nitrogen and oxygen atoms in total. The third-order valence-electron chi connectivity index (χ3n) is 4.79. The van der Waals surface area contributed by atoms with Crippen molar-refractivity contribution in [3.05, 3.63) is 23.5 Å². The number of halogens is 3. The lowest BCUT2D eigenvalue weighted by atomic mass is 10.1. The molecule has 0 saturated carbocycles. The van der Waals surface area contributed by atoms with Gasteiger partial charge in [-0.05, 0) is 31.9 Å². The number of aromatic nitrogens is 3. The van der Waals surface area contributed by atoms with E-state index in [2.05, 4.69) is 15.2 Å². The Kier molecular flexibility index (Phi) is 5.17. The van der Waals surface area contributed by atoms with Gasteiger partial charge in [0, 0.05) is 36.9 Å². The van der Waals surface area contributed by atoms with Crippen LogP contribution in [0, 0.1) is 12.8 Å². The van der Waals surface area contributed by atoms with Crippen molar-refractivity contribution in [1.82, 2.24) is 25.0 Å². The highest BCUT2D eigenvalue weighted by Gasteiger charge is 2.33. The molecule has 3 rings (SSSR count). The molecule has 0 bridgehead atoms. The molecule has 3 heterocycles. The van der Waals surface area contributed by atoms with E-state index in [0.29, 0.717) is 43.8 Å². The van der Waals surface area contributed by atoms with Crippen LogP contribution in [0.2, 0.25) is 0 Å². The molecule has 2 aromatic rings. The Morgan fingerprint density at radius 2 is 2.23 bits per heavy atom. The zero-order valence-electron chi connectivity index (χ0n) is 14.8. The predicted octanol–water partition coefficient (Wildman–Crippen LogP) is 2.61. The van der Waals surface area contributed by atoms with Crippen LogP contribution in [-0.2, 0) is 0 Å². The average Bonchev–Trinajstić information content (AvgIpc) is 3.19. The van der Waals surface area contributed by atoms with Crippen molar-refractivity contribution >= 4 is 16.9 Å². The molecule has 1 fully saturated rings. The van der Waals surface area contributed by atoms with Crippen molar-refractivity contribution in [2.75, 3.05) is 32.7 Å². The van der Waals surface area contributed by atoms with Crippen LogP contribution < -0.4 is 0 Å². The van der Waals surface area contributed by atoms with Gasteiger partial charge in [0.15, 0.2) is 5.65 Å². The Labute approximate surface area is 149 Å². The summed E-state index contributed by atoms with van der Waals surface area (Å²) in [6.45, 7) is 4.37. The Morgan fingerprint density at radius 1 is 1.46 bits per heavy atom. The number of hydrogen-bond donors (Lipinski definition) is 1. The largest absolute Gasteiger partial charge is 0.401 e. The number of fused-ring (bicyclic) bond motifs is 1. The van der Waals surface area contributed by atoms with Gasteiger partial charge in [0.05, 0.1) is 12.1 Å². The topological polar surface area (TPSA) is 65.1 Å². The molecule has 1 atom stereocenters. The van der Waals surface area contributed by atoms with Crippen molar-refractivity contribution in [2.24, 2.45) is 5.92 Å². The summed E-state index contributed by atoms with van der Waals surface area (Å²) in [7, 11) is 0. The zero-order chi connectivity index (χ0) is 18.9. The van der Waals surface area contributed by atoms with Crippen LogP contribution in [-0.4, -0.2) is 69.8 Å². The fraction of sp³-hybridized carbons (Fsp3) is 0.588. The molecule has 1 saturated heterocycles. The Bertz CT molecular complexity index is 788. The lowest BCUT2D eigenvalue weighted by Gasteiger charge is -2.25. The number of alkyl halides is 3. The van der Waals surface area contributed by atoms with Crippen LogP contribution in [0.25, 0.3) is 11.0 Å². The van der Waals surface area contributed by atoms with Crippen molar-refractivity contribution in [2.45, 2.75) is 26.4 Å². The highest BCUT2D eigenvalue weighted by Crippen LogP contribution is 2.23. The summed E-state index contributed by atoms with van der Waals surface area (Å²) in [5.74, 6) is -0.0880. The van der Waals surface area contributed by atoms with Crippen LogP contribution >= 0.6 is 0 Å². The number of carbonyl (C=O) groups excluding carboxylic acids is 1. The van der Waals surface area contributed by atoms with Crippen molar-refractivity contribution < 1.29 is 18.0 Å². The summed E-state index contributed by atoms with van der Waals surface area (Å²) < 4.78 is 37.8. The highest BCUT2D eigenvalue weighted by atomic mass is 19.4. The van der Waals surface area contributed by atoms with Gasteiger partial charge in [-0.15, -0.1) is 0 Å². The van der Waals surface area contributed by atoms with E-state index in [1.807, 2.05) is 6.92 Å². The molecule has 2 aromatic heterocycles. The maximum Gasteiger partial charge on any atom is 0.401 e. The zero-order valence-corrected chi connectivity index (χ0v) is 14.8. The Balaban J connectivity index is 1.63. The quantitative estimate of drug-likeness (QED) is 0.880. The summed E-state index contributed by atoms with van der Waals surface area (Å²) >= 11 is 0. The molecule has 1 amide bonds. The molecule has 1 N–H and O–H groups in total. The standard InChI is InChI=1S/C17H22F3N5O/c1-3-24(10-17(18,19)20)8-12-4-5-25(9-12)16(26)13-6-14-11(2)22-23-15(14)21-7-13/h6-7,12H,3-5,8-10H2,1-2H3,(H,21,22,23). The molecular formula is C17H22F3N5O. The van der Waals surface area contributed by atoms with E-state index in [1.54, 1.807) is 17.9 Å². The number of aromatic amines is 1. The monoisotopic (exact) mass is 369 g/mol. The van der Waals surface area contributed by atoms with E-state index in [0.717, 1.165) is 11.1 Å². The number of likely N-dealkylation sites (tertiary alicyclic amines) is 1. The molecule has 0 radical (unpaired) electrons. The molecule has 9 heteroatoms. The average molecular weight is 369 g/mol. The molecule has 0 aliphatic carbocycles. The smallest absolute Gasteiger partial charge is 0.338 e. The Hall–Kier alpha value is -2.16. The number of amides is 1. The minimum atomic E-state index is -4.20. The van der Waals surface area contributed by atoms with E-state index < -0.39 is 12.7 Å². The number of carbonyl (C=O) groups is 1. The van der Waals surface area contributed by atoms with Gasteiger partial charge >= 0.3 is 6.18 Å². The molecule has 0 spiro atoms. The van der Waals surface area contributed by atoms with Gasteiger partial charge in [-0.1, -0.05) is 6.92 Å². The van der Waals surface area contributed by atoms with Gasteiger partial charge in [0.1, 0.15) is 0 Å². The van der Waals surface area contributed by atoms with E-state index in [4.69, 9.17) is 0 Å². The molecule has 142 valence electrons. The van der Waals surface area contributed by atoms with Gasteiger partial charge in [-0.25, -0.2) is 4.98 Å². The first-order valence-corrected chi connectivity index (χ1v) is 8.66. The van der Waals surface area contributed by atoms with Gasteiger partial charge < -0.3 is 4.90 Å². The maximum atomic E-state index is 12.7. The predicted molar refractivity (Wildman–Crippen MR) is 90.8 cm³/mol. The van der Waals surface area contributed by atoms with E-state index in [1.165, 1.54) is 11.1 Å². The molecule has 26 heavy (non-hydrogen) atoms. The summed E-state index contributed by atoms with van der Waals surface area (Å²) in [5, 5.41) is 7.67. The van der Waals surface area contributed by atoms with Gasteiger partial charge in [-0.3, -0.25) is 14.8 Å². The number of H-pyrrole nitrogens is 1. The minimum Gasteiger partial charge on any atom is -0.338 e. The molecule has 0 aromatic carbocycles. The summed E-state index contributed by atoms with van der Waals surface area (Å²) in [6, 6.07) is 1.76. The molecule has 1 aliphatic heterocycles. The van der Waals surface area contributed by atoms with Crippen LogP contribution in [0.4, 0.5) is 13.2 Å². The number of aryl methyl sites for hydroxylation is 1. The number of hydrogen-bond acceptors (Lipinski definition) is 4. The molecule has 1 aliphatic rings. The van der Waals surface area contributed by atoms with E-state index >= 15 is 0 Å². The van der Waals surface area contributed by atoms with Gasteiger partial charge in [0.25, 0.3) is 5.91 Å². The molecule has 1 unspecified atom stereocenters. The van der Waals surface area contributed by atoms with Crippen molar-refractivity contribution in [1.29, 1.82) is 0 Å². The Morgan fingerprint density at radius 3 is 2.92 bits per heavy atom. The second-order valence-corrected chi connectivity index (χ2v) is 6.79. The second-order valence-electron chi connectivity index (χ2n) is 6.79. The van der Waals surface area contributed by atoms with Crippen LogP contribution in [0.5, 0.6) is 0 Å². The van der Waals surface area contributed by atoms with Crippen molar-refractivity contribution in [3.8, 4) is 0 Å². The lowest BCUT2D eigenvalue weighted by molar-refractivity contribution is -0.146. The number of nitrogens with one attached hydrogen (secondary N) is 1. The first-order chi connectivity index (χ1) is 12.3. The minimum absolute atomic E-state index is 0.0496. The summed E-state index contributed by atoms with van der Waals surface area (Å²) in [5.41, 5.74) is 1.88. The number of nitrogens with zero attached hydrogens (tertiary/aromatic N) is 4. The normalized spacial score (nSPS) is 18.2. The van der Waals surface area contributed by atoms with Crippen molar-refractivity contribution in [3.63, 3.8) is 0 Å². The SMILES string of the molecule is CCN(CC1CCN(C(=O)c2cnc3n[nH]c(C)c3c2)C1)CC(F)(F)F. The van der Waals surface area contributed by atoms with Crippen LogP contribution in [0.15, 0.2) is 12.3 Å². The second kappa shape index (κ2) is 7.22. The first kappa shape index (κ1) is 18.6. The highest BCUT2D eigenvalue weighted by molar-refractivity contribution is 5.97. The summed E-state index contributed by atoms with van der Waals surface area (Å²) in [6.07, 6.45) is -1.99. The van der Waals surface area contributed by atoms with E-state index in [9.17, 15) is 18.0 Å². The third kappa shape index (κ3) is 4.14. The maximum absolute atomic E-state index is 12.7. The van der Waals surface area contributed by atoms with E-state index in [-0.39, 0.29) is 11.8 Å². The van der Waals surface area contributed by atoms with Gasteiger partial charge in [-0.2, -0.15) is 18.3 Å². The van der Waals surface area contributed by atoms with Gasteiger partial charge in [0.2, 0.25) is 0 Å². The summed E-state index contributed by atoms with van der Waals surface area (Å²) in [4.78, 5) is 20.0. The first-order valence-electron chi connectivity index (χ1n) is 8.66. The third-order valence-corrected chi connectivity index (χ3v) is 4.79. The molecular weight excluding hydrogens is 347 g/mol. The lowest BCUT2D eigenvalue weighted by Crippen LogP contribution is -2.38. The number of pyridine rings is 1.